The Morgan fingerprint density at radius 3 is 2.79 bits per heavy atom. The normalized spacial score (nSPS) is 20.5. The van der Waals surface area contributed by atoms with Crippen LogP contribution in [0.25, 0.3) is 0 Å². The molecule has 0 bridgehead atoms. The van der Waals surface area contributed by atoms with Gasteiger partial charge in [0.1, 0.15) is 0 Å². The molecule has 0 saturated carbocycles. The third-order valence-corrected chi connectivity index (χ3v) is 5.88. The second-order valence-corrected chi connectivity index (χ2v) is 8.04. The summed E-state index contributed by atoms with van der Waals surface area (Å²) in [6.45, 7) is 5.08. The van der Waals surface area contributed by atoms with Gasteiger partial charge in [0.15, 0.2) is 5.13 Å². The summed E-state index contributed by atoms with van der Waals surface area (Å²) in [5.41, 5.74) is 2.03. The number of hydrogen-bond donors (Lipinski definition) is 1. The number of carbonyl (C=O) groups excluding carboxylic acids is 2. The molecular weight excluding hydrogens is 376 g/mol. The molecule has 3 heterocycles. The maximum Gasteiger partial charge on any atom is 0.231 e. The van der Waals surface area contributed by atoms with E-state index in [1.807, 2.05) is 35.7 Å². The van der Waals surface area contributed by atoms with Crippen LogP contribution in [0.3, 0.4) is 0 Å². The zero-order valence-corrected chi connectivity index (χ0v) is 16.5. The highest BCUT2D eigenvalue weighted by atomic mass is 32.1. The van der Waals surface area contributed by atoms with E-state index >= 15 is 0 Å². The summed E-state index contributed by atoms with van der Waals surface area (Å²) >= 11 is 1.43. The zero-order valence-electron chi connectivity index (χ0n) is 15.7. The van der Waals surface area contributed by atoms with Crippen molar-refractivity contribution in [2.75, 3.05) is 38.2 Å². The number of morpholine rings is 1. The van der Waals surface area contributed by atoms with E-state index in [-0.39, 0.29) is 24.2 Å². The van der Waals surface area contributed by atoms with Gasteiger partial charge >= 0.3 is 0 Å². The average Bonchev–Trinajstić information content (AvgIpc) is 3.30. The maximum absolute atomic E-state index is 12.6. The van der Waals surface area contributed by atoms with Crippen molar-refractivity contribution in [3.05, 3.63) is 47.0 Å². The van der Waals surface area contributed by atoms with Crippen LogP contribution in [-0.4, -0.2) is 59.4 Å². The largest absolute Gasteiger partial charge is 0.379 e. The molecule has 2 aliphatic heterocycles. The molecule has 0 spiro atoms. The summed E-state index contributed by atoms with van der Waals surface area (Å²) in [5, 5.41) is 5.47. The van der Waals surface area contributed by atoms with E-state index in [9.17, 15) is 9.59 Å². The number of hydrogen-bond acceptors (Lipinski definition) is 6. The molecule has 28 heavy (non-hydrogen) atoms. The van der Waals surface area contributed by atoms with Crippen LogP contribution >= 0.6 is 11.3 Å². The molecule has 7 nitrogen and oxygen atoms in total. The number of carbonyl (C=O) groups is 2. The summed E-state index contributed by atoms with van der Waals surface area (Å²) in [5.74, 6) is -0.435. The third kappa shape index (κ3) is 4.76. The van der Waals surface area contributed by atoms with Crippen molar-refractivity contribution >= 4 is 28.3 Å². The van der Waals surface area contributed by atoms with E-state index in [1.165, 1.54) is 11.3 Å². The van der Waals surface area contributed by atoms with Crippen LogP contribution in [0, 0.1) is 5.92 Å². The molecule has 2 aromatic rings. The number of nitrogens with one attached hydrogen (secondary N) is 1. The van der Waals surface area contributed by atoms with Gasteiger partial charge in [-0.2, -0.15) is 0 Å². The first kappa shape index (κ1) is 19.0. The van der Waals surface area contributed by atoms with Crippen molar-refractivity contribution in [2.24, 2.45) is 5.92 Å². The van der Waals surface area contributed by atoms with Gasteiger partial charge in [-0.3, -0.25) is 14.5 Å². The number of thiazole rings is 1. The molecule has 4 rings (SSSR count). The topological polar surface area (TPSA) is 74.8 Å². The molecule has 0 radical (unpaired) electrons. The van der Waals surface area contributed by atoms with E-state index < -0.39 is 0 Å². The minimum absolute atomic E-state index is 0.0242. The van der Waals surface area contributed by atoms with Crippen LogP contribution in [0.1, 0.15) is 17.7 Å². The molecular formula is C20H24N4O3S. The van der Waals surface area contributed by atoms with Gasteiger partial charge in [-0.05, 0) is 5.56 Å². The van der Waals surface area contributed by atoms with E-state index in [1.54, 1.807) is 4.90 Å². The summed E-state index contributed by atoms with van der Waals surface area (Å²) in [6.07, 6.45) is 0.255. The standard InChI is InChI=1S/C20H24N4O3S/c25-18-10-16(12-24(18)11-15-4-2-1-3-5-15)19(26)22-20-21-17(14-28-20)13-23-6-8-27-9-7-23/h1-5,14,16H,6-13H2,(H,21,22,26). The quantitative estimate of drug-likeness (QED) is 0.802. The predicted molar refractivity (Wildman–Crippen MR) is 107 cm³/mol. The van der Waals surface area contributed by atoms with Gasteiger partial charge in [-0.1, -0.05) is 30.3 Å². The molecule has 2 aliphatic rings. The van der Waals surface area contributed by atoms with Crippen LogP contribution in [0.15, 0.2) is 35.7 Å². The van der Waals surface area contributed by atoms with Gasteiger partial charge < -0.3 is 15.0 Å². The first-order valence-electron chi connectivity index (χ1n) is 9.54. The fourth-order valence-corrected chi connectivity index (χ4v) is 4.24. The first-order valence-corrected chi connectivity index (χ1v) is 10.4. The summed E-state index contributed by atoms with van der Waals surface area (Å²) in [7, 11) is 0. The van der Waals surface area contributed by atoms with E-state index in [0.717, 1.165) is 44.1 Å². The average molecular weight is 401 g/mol. The second-order valence-electron chi connectivity index (χ2n) is 7.18. The molecule has 1 atom stereocenters. The van der Waals surface area contributed by atoms with E-state index in [4.69, 9.17) is 4.74 Å². The summed E-state index contributed by atoms with van der Waals surface area (Å²) in [4.78, 5) is 33.5. The number of amides is 2. The fourth-order valence-electron chi connectivity index (χ4n) is 3.54. The van der Waals surface area contributed by atoms with Crippen LogP contribution < -0.4 is 5.32 Å². The van der Waals surface area contributed by atoms with E-state index in [2.05, 4.69) is 15.2 Å². The lowest BCUT2D eigenvalue weighted by Gasteiger charge is -2.25. The molecule has 8 heteroatoms. The lowest BCUT2D eigenvalue weighted by atomic mass is 10.1. The van der Waals surface area contributed by atoms with Crippen molar-refractivity contribution in [1.82, 2.24) is 14.8 Å². The second kappa shape index (κ2) is 8.81. The zero-order chi connectivity index (χ0) is 19.3. The SMILES string of the molecule is O=C(Nc1nc(CN2CCOCC2)cs1)C1CC(=O)N(Cc2ccccc2)C1. The van der Waals surface area contributed by atoms with Crippen molar-refractivity contribution in [2.45, 2.75) is 19.5 Å². The minimum atomic E-state index is -0.331. The number of anilines is 1. The van der Waals surface area contributed by atoms with Gasteiger partial charge in [-0.15, -0.1) is 11.3 Å². The Labute approximate surface area is 168 Å². The summed E-state index contributed by atoms with van der Waals surface area (Å²) < 4.78 is 5.36. The number of likely N-dealkylation sites (tertiary alicyclic amines) is 1. The number of benzene rings is 1. The fraction of sp³-hybridized carbons (Fsp3) is 0.450. The summed E-state index contributed by atoms with van der Waals surface area (Å²) in [6, 6.07) is 9.85. The Morgan fingerprint density at radius 1 is 1.21 bits per heavy atom. The molecule has 2 fully saturated rings. The Hall–Kier alpha value is -2.29. The number of aromatic nitrogens is 1. The van der Waals surface area contributed by atoms with Crippen molar-refractivity contribution in [3.8, 4) is 0 Å². The third-order valence-electron chi connectivity index (χ3n) is 5.07. The van der Waals surface area contributed by atoms with Crippen LogP contribution in [0.2, 0.25) is 0 Å². The lowest BCUT2D eigenvalue weighted by Crippen LogP contribution is -2.35. The molecule has 1 N–H and O–H groups in total. The van der Waals surface area contributed by atoms with Crippen molar-refractivity contribution < 1.29 is 14.3 Å². The maximum atomic E-state index is 12.6. The highest BCUT2D eigenvalue weighted by Crippen LogP contribution is 2.23. The number of rotatable bonds is 6. The minimum Gasteiger partial charge on any atom is -0.379 e. The molecule has 1 unspecified atom stereocenters. The lowest BCUT2D eigenvalue weighted by molar-refractivity contribution is -0.128. The molecule has 0 aliphatic carbocycles. The van der Waals surface area contributed by atoms with Crippen LogP contribution in [0.5, 0.6) is 0 Å². The monoisotopic (exact) mass is 400 g/mol. The molecule has 1 aromatic carbocycles. The number of nitrogens with zero attached hydrogens (tertiary/aromatic N) is 3. The van der Waals surface area contributed by atoms with E-state index in [0.29, 0.717) is 18.2 Å². The van der Waals surface area contributed by atoms with Crippen LogP contribution in [0.4, 0.5) is 5.13 Å². The van der Waals surface area contributed by atoms with Crippen molar-refractivity contribution in [3.63, 3.8) is 0 Å². The predicted octanol–water partition coefficient (Wildman–Crippen LogP) is 1.96. The molecule has 2 saturated heterocycles. The van der Waals surface area contributed by atoms with Gasteiger partial charge in [0, 0.05) is 44.5 Å². The van der Waals surface area contributed by atoms with Gasteiger partial charge in [-0.25, -0.2) is 4.98 Å². The van der Waals surface area contributed by atoms with Gasteiger partial charge in [0.2, 0.25) is 11.8 Å². The van der Waals surface area contributed by atoms with Crippen molar-refractivity contribution in [1.29, 1.82) is 0 Å². The van der Waals surface area contributed by atoms with Gasteiger partial charge in [0.25, 0.3) is 0 Å². The highest BCUT2D eigenvalue weighted by Gasteiger charge is 2.34. The Balaban J connectivity index is 1.29. The number of ether oxygens (including phenoxy) is 1. The molecule has 2 amide bonds. The Bertz CT molecular complexity index is 820. The highest BCUT2D eigenvalue weighted by molar-refractivity contribution is 7.13. The van der Waals surface area contributed by atoms with Gasteiger partial charge in [0.05, 0.1) is 24.8 Å². The Kier molecular flexibility index (Phi) is 5.99. The Morgan fingerprint density at radius 2 is 2.00 bits per heavy atom. The first-order chi connectivity index (χ1) is 13.7. The smallest absolute Gasteiger partial charge is 0.231 e. The molecule has 148 valence electrons. The van der Waals surface area contributed by atoms with Crippen LogP contribution in [-0.2, 0) is 27.4 Å². The molecule has 1 aromatic heterocycles.